The van der Waals surface area contributed by atoms with Gasteiger partial charge < -0.3 is 36.4 Å². The average molecular weight is 1400 g/mol. The normalized spacial score (nSPS) is 10.4. The number of unbranched alkanes of at least 4 members (excludes halogenated alkanes) is 23. The Bertz CT molecular complexity index is 3750. The van der Waals surface area contributed by atoms with E-state index < -0.39 is 0 Å². The first-order chi connectivity index (χ1) is 51.0. The fraction of sp³-hybridized carbons (Fsp3) is 0.446. The Morgan fingerprint density at radius 3 is 0.692 bits per heavy atom. The highest BCUT2D eigenvalue weighted by molar-refractivity contribution is 5.96. The molecular formula is C92H113N5O7. The zero-order valence-corrected chi connectivity index (χ0v) is 62.9. The van der Waals surface area contributed by atoms with E-state index in [9.17, 15) is 29.1 Å². The Balaban J connectivity index is 1.65. The van der Waals surface area contributed by atoms with Crippen molar-refractivity contribution < 1.29 is 33.8 Å². The van der Waals surface area contributed by atoms with Crippen molar-refractivity contribution in [3.63, 3.8) is 0 Å². The van der Waals surface area contributed by atoms with Crippen LogP contribution in [0.2, 0.25) is 0 Å². The fourth-order valence-electron chi connectivity index (χ4n) is 11.6. The minimum absolute atomic E-state index is 0.160. The lowest BCUT2D eigenvalue weighted by atomic mass is 9.89. The van der Waals surface area contributed by atoms with Crippen LogP contribution in [0.4, 0.5) is 0 Å². The van der Waals surface area contributed by atoms with Crippen LogP contribution in [0.15, 0.2) is 121 Å². The first-order valence-electron chi connectivity index (χ1n) is 39.0. The van der Waals surface area contributed by atoms with Gasteiger partial charge in [0.15, 0.2) is 5.75 Å². The number of amides is 5. The minimum atomic E-state index is -0.165. The summed E-state index contributed by atoms with van der Waals surface area (Å²) < 4.78 is 7.17. The third kappa shape index (κ3) is 31.1. The molecule has 0 aliphatic heterocycles. The lowest BCUT2D eigenvalue weighted by Crippen LogP contribution is -2.24. The number of rotatable bonds is 42. The highest BCUT2D eigenvalue weighted by atomic mass is 16.5. The first kappa shape index (κ1) is 83.2. The van der Waals surface area contributed by atoms with Gasteiger partial charge in [-0.15, -0.1) is 0 Å². The van der Waals surface area contributed by atoms with E-state index in [0.29, 0.717) is 128 Å². The zero-order valence-electron chi connectivity index (χ0n) is 62.9. The molecule has 0 unspecified atom stereocenters. The molecular weight excluding hydrogens is 1290 g/mol. The Labute approximate surface area is 623 Å². The molecule has 0 radical (unpaired) electrons. The van der Waals surface area contributed by atoms with E-state index >= 15 is 0 Å². The molecule has 0 saturated carbocycles. The average Bonchev–Trinajstić information content (AvgIpc) is 0.763. The molecule has 5 amide bonds. The monoisotopic (exact) mass is 1400 g/mol. The van der Waals surface area contributed by atoms with Crippen molar-refractivity contribution in [3.8, 4) is 65.0 Å². The van der Waals surface area contributed by atoms with Crippen LogP contribution in [0, 0.1) is 59.2 Å². The molecule has 0 atom stereocenters. The summed E-state index contributed by atoms with van der Waals surface area (Å²) in [7, 11) is 0. The van der Waals surface area contributed by atoms with Crippen LogP contribution in [0.1, 0.15) is 328 Å². The number of aliphatic hydroxyl groups excluding tert-OH is 1. The Morgan fingerprint density at radius 2 is 0.462 bits per heavy atom. The minimum Gasteiger partial charge on any atom is -0.491 e. The molecule has 0 fully saturated rings. The topological polar surface area (TPSA) is 175 Å². The molecule has 6 aromatic carbocycles. The number of hydrogen-bond acceptors (Lipinski definition) is 7. The molecule has 6 rings (SSSR count). The van der Waals surface area contributed by atoms with Gasteiger partial charge in [-0.25, -0.2) is 0 Å². The van der Waals surface area contributed by atoms with Crippen LogP contribution in [-0.4, -0.2) is 80.6 Å². The van der Waals surface area contributed by atoms with Crippen LogP contribution in [-0.2, 0) is 0 Å². The largest absolute Gasteiger partial charge is 0.491 e. The lowest BCUT2D eigenvalue weighted by Gasteiger charge is -2.17. The molecule has 0 spiro atoms. The predicted octanol–water partition coefficient (Wildman–Crippen LogP) is 18.1. The van der Waals surface area contributed by atoms with E-state index in [1.165, 1.54) is 0 Å². The molecule has 12 heteroatoms. The molecule has 0 aliphatic carbocycles. The molecule has 0 bridgehead atoms. The Morgan fingerprint density at radius 1 is 0.260 bits per heavy atom. The van der Waals surface area contributed by atoms with Gasteiger partial charge in [0.05, 0.1) is 34.4 Å². The summed E-state index contributed by atoms with van der Waals surface area (Å²) in [5.41, 5.74) is 7.65. The maximum atomic E-state index is 13.4. The quantitative estimate of drug-likeness (QED) is 0.0163. The van der Waals surface area contributed by atoms with Crippen molar-refractivity contribution in [2.24, 2.45) is 0 Å². The fourth-order valence-corrected chi connectivity index (χ4v) is 11.6. The van der Waals surface area contributed by atoms with Gasteiger partial charge in [0.1, 0.15) is 0 Å². The van der Waals surface area contributed by atoms with Crippen LogP contribution in [0.25, 0.3) is 0 Å². The highest BCUT2D eigenvalue weighted by Gasteiger charge is 2.23. The maximum absolute atomic E-state index is 13.4. The molecule has 548 valence electrons. The van der Waals surface area contributed by atoms with Crippen LogP contribution in [0.5, 0.6) is 5.75 Å². The molecule has 0 aromatic heterocycles. The summed E-state index contributed by atoms with van der Waals surface area (Å²) in [6.07, 6.45) is 29.6. The second kappa shape index (κ2) is 50.6. The van der Waals surface area contributed by atoms with E-state index in [2.05, 4.69) is 120 Å². The lowest BCUT2D eigenvalue weighted by molar-refractivity contribution is 0.0944. The molecule has 6 aromatic rings. The standard InChI is InChI=1S/C92H113N5O7/c1-6-11-16-28-65-93-88(99)77-50-35-72(36-51-77)45-60-82-83(61-46-73-37-52-78(53-38-73)89(100)94-66-29-17-12-7-2)85(63-48-75-41-56-80(57-42-75)91(102)96-68-31-19-14-9-4)87(104-71-34-27-25-23-21-22-24-26-33-70-98)86(64-49-76-43-58-81(59-44-76)92(103)97-69-32-20-15-10-5)84(82)62-47-74-39-54-79(55-40-74)90(101)95-67-30-18-13-8-3/h35-44,50-59,98H,6-34,65-71H2,1-5H3,(H,93,99)(H,94,100)(H,95,101)(H,96,102)(H,97,103). The van der Waals surface area contributed by atoms with E-state index in [-0.39, 0.29) is 42.7 Å². The van der Waals surface area contributed by atoms with Crippen molar-refractivity contribution in [1.29, 1.82) is 0 Å². The third-order valence-electron chi connectivity index (χ3n) is 18.0. The molecule has 0 heterocycles. The van der Waals surface area contributed by atoms with Crippen LogP contribution in [0.3, 0.4) is 0 Å². The number of carbonyl (C=O) groups is 5. The van der Waals surface area contributed by atoms with Gasteiger partial charge in [0, 0.05) is 95.0 Å². The predicted molar refractivity (Wildman–Crippen MR) is 425 cm³/mol. The van der Waals surface area contributed by atoms with Crippen molar-refractivity contribution >= 4 is 29.5 Å². The van der Waals surface area contributed by atoms with Gasteiger partial charge in [-0.2, -0.15) is 0 Å². The van der Waals surface area contributed by atoms with Crippen LogP contribution < -0.4 is 31.3 Å². The second-order valence-corrected chi connectivity index (χ2v) is 26.7. The van der Waals surface area contributed by atoms with Gasteiger partial charge in [0.2, 0.25) is 0 Å². The molecule has 0 saturated heterocycles. The van der Waals surface area contributed by atoms with E-state index in [1.807, 2.05) is 60.7 Å². The second-order valence-electron chi connectivity index (χ2n) is 26.7. The van der Waals surface area contributed by atoms with Crippen molar-refractivity contribution in [3.05, 3.63) is 205 Å². The zero-order chi connectivity index (χ0) is 74.0. The van der Waals surface area contributed by atoms with Gasteiger partial charge in [-0.3, -0.25) is 24.0 Å². The number of ether oxygens (including phenoxy) is 1. The Hall–Kier alpha value is -9.77. The highest BCUT2D eigenvalue weighted by Crippen LogP contribution is 2.35. The van der Waals surface area contributed by atoms with Crippen molar-refractivity contribution in [2.45, 2.75) is 221 Å². The first-order valence-corrected chi connectivity index (χ1v) is 39.0. The van der Waals surface area contributed by atoms with Crippen molar-refractivity contribution in [1.82, 2.24) is 26.6 Å². The number of nitrogens with one attached hydrogen (secondary N) is 5. The summed E-state index contributed by atoms with van der Waals surface area (Å²) >= 11 is 0. The summed E-state index contributed by atoms with van der Waals surface area (Å²) in [6.45, 7) is 14.2. The van der Waals surface area contributed by atoms with Gasteiger partial charge in [-0.1, -0.05) is 235 Å². The van der Waals surface area contributed by atoms with E-state index in [4.69, 9.17) is 4.74 Å². The van der Waals surface area contributed by atoms with Crippen molar-refractivity contribution in [2.75, 3.05) is 45.9 Å². The van der Waals surface area contributed by atoms with E-state index in [0.717, 1.165) is 180 Å². The smallest absolute Gasteiger partial charge is 0.251 e. The summed E-state index contributed by atoms with van der Waals surface area (Å²) in [4.78, 5) is 67.2. The van der Waals surface area contributed by atoms with Gasteiger partial charge >= 0.3 is 0 Å². The summed E-state index contributed by atoms with van der Waals surface area (Å²) in [5, 5.41) is 24.7. The van der Waals surface area contributed by atoms with Crippen LogP contribution >= 0.6 is 0 Å². The number of aliphatic hydroxyl groups is 1. The third-order valence-corrected chi connectivity index (χ3v) is 18.0. The molecule has 6 N–H and O–H groups in total. The maximum Gasteiger partial charge on any atom is 0.251 e. The SMILES string of the molecule is CCCCCCNC(=O)c1ccc(C#Cc2c(C#Cc3ccc(C(=O)NCCCCCC)cc3)c(C#Cc3ccc(C(=O)NCCCCCC)cc3)c(OCCCCCCCCCCCO)c(C#Cc3ccc(C(=O)NCCCCCC)cc3)c2C#Cc2ccc(C(=O)NCCCCCC)cc2)cc1. The number of hydrogen-bond donors (Lipinski definition) is 6. The summed E-state index contributed by atoms with van der Waals surface area (Å²) in [6, 6.07) is 36.0. The summed E-state index contributed by atoms with van der Waals surface area (Å²) in [5.74, 6) is 34.4. The van der Waals surface area contributed by atoms with E-state index in [1.54, 1.807) is 60.7 Å². The molecule has 104 heavy (non-hydrogen) atoms. The van der Waals surface area contributed by atoms with Gasteiger partial charge in [0.25, 0.3) is 29.5 Å². The number of carbonyl (C=O) groups excluding carboxylic acids is 5. The number of benzene rings is 6. The molecule has 0 aliphatic rings. The molecule has 12 nitrogen and oxygen atoms in total. The Kier molecular flexibility index (Phi) is 40.4. The van der Waals surface area contributed by atoms with Gasteiger partial charge in [-0.05, 0) is 166 Å².